The summed E-state index contributed by atoms with van der Waals surface area (Å²) in [5, 5.41) is 12.0. The summed E-state index contributed by atoms with van der Waals surface area (Å²) in [5.41, 5.74) is 7.25. The van der Waals surface area contributed by atoms with Crippen LogP contribution >= 0.6 is 15.9 Å². The molecule has 0 aliphatic rings. The Bertz CT molecular complexity index is 606. The van der Waals surface area contributed by atoms with Crippen molar-refractivity contribution in [1.82, 2.24) is 9.55 Å². The minimum atomic E-state index is 0.0682. The molecule has 2 aromatic rings. The molecule has 0 atom stereocenters. The predicted molar refractivity (Wildman–Crippen MR) is 77.8 cm³/mol. The van der Waals surface area contributed by atoms with Gasteiger partial charge in [0, 0.05) is 23.3 Å². The number of benzene rings is 1. The van der Waals surface area contributed by atoms with E-state index in [1.807, 2.05) is 29.0 Å². The first-order valence-electron chi connectivity index (χ1n) is 5.98. The molecule has 2 rings (SSSR count). The van der Waals surface area contributed by atoms with E-state index in [0.717, 1.165) is 28.8 Å². The summed E-state index contributed by atoms with van der Waals surface area (Å²) in [5.74, 6) is 1.02. The van der Waals surface area contributed by atoms with Crippen molar-refractivity contribution in [2.24, 2.45) is 10.9 Å². The Hall–Kier alpha value is -1.82. The van der Waals surface area contributed by atoms with Gasteiger partial charge in [-0.05, 0) is 34.5 Å². The average molecular weight is 323 g/mol. The molecule has 6 heteroatoms. The topological polar surface area (TPSA) is 76.4 Å². The van der Waals surface area contributed by atoms with E-state index in [1.165, 1.54) is 0 Å². The van der Waals surface area contributed by atoms with Gasteiger partial charge in [-0.1, -0.05) is 18.1 Å². The molecule has 0 amide bonds. The van der Waals surface area contributed by atoms with Crippen LogP contribution in [0.5, 0.6) is 0 Å². The molecule has 0 saturated carbocycles. The number of aryl methyl sites for hydroxylation is 1. The molecular formula is C13H15BrN4O. The zero-order chi connectivity index (χ0) is 13.8. The van der Waals surface area contributed by atoms with E-state index in [4.69, 9.17) is 10.9 Å². The summed E-state index contributed by atoms with van der Waals surface area (Å²) in [7, 11) is 0. The van der Waals surface area contributed by atoms with E-state index in [2.05, 4.69) is 33.0 Å². The first-order chi connectivity index (χ1) is 9.19. The zero-order valence-corrected chi connectivity index (χ0v) is 12.1. The van der Waals surface area contributed by atoms with E-state index >= 15 is 0 Å². The molecule has 0 unspecified atom stereocenters. The summed E-state index contributed by atoms with van der Waals surface area (Å²) in [6.45, 7) is 2.10. The lowest BCUT2D eigenvalue weighted by Gasteiger charge is -2.13. The Morgan fingerprint density at radius 1 is 1.53 bits per heavy atom. The summed E-state index contributed by atoms with van der Waals surface area (Å²) in [6.07, 6.45) is 5.50. The fraction of sp³-hybridized carbons (Fsp3) is 0.231. The van der Waals surface area contributed by atoms with Crippen LogP contribution in [-0.2, 0) is 6.42 Å². The van der Waals surface area contributed by atoms with Crippen LogP contribution in [0.2, 0.25) is 0 Å². The maximum Gasteiger partial charge on any atom is 0.173 e. The molecule has 0 aliphatic heterocycles. The maximum atomic E-state index is 8.92. The van der Waals surface area contributed by atoms with E-state index < -0.39 is 0 Å². The molecule has 5 nitrogen and oxygen atoms in total. The minimum Gasteiger partial charge on any atom is -0.409 e. The lowest BCUT2D eigenvalue weighted by molar-refractivity contribution is 0.318. The number of nitrogens with two attached hydrogens (primary N) is 1. The molecule has 0 fully saturated rings. The van der Waals surface area contributed by atoms with Gasteiger partial charge in [-0.3, -0.25) is 0 Å². The van der Waals surface area contributed by atoms with Crippen LogP contribution in [-0.4, -0.2) is 20.6 Å². The molecule has 1 aromatic carbocycles. The van der Waals surface area contributed by atoms with Gasteiger partial charge in [0.1, 0.15) is 5.82 Å². The Labute approximate surface area is 119 Å². The van der Waals surface area contributed by atoms with Crippen molar-refractivity contribution >= 4 is 21.8 Å². The van der Waals surface area contributed by atoms with E-state index in [1.54, 1.807) is 6.20 Å². The van der Waals surface area contributed by atoms with Crippen molar-refractivity contribution in [3.8, 4) is 5.69 Å². The van der Waals surface area contributed by atoms with Crippen LogP contribution in [0.25, 0.3) is 5.69 Å². The average Bonchev–Trinajstić information content (AvgIpc) is 2.86. The van der Waals surface area contributed by atoms with Gasteiger partial charge in [-0.15, -0.1) is 0 Å². The van der Waals surface area contributed by atoms with Gasteiger partial charge in [-0.2, -0.15) is 0 Å². The largest absolute Gasteiger partial charge is 0.409 e. The van der Waals surface area contributed by atoms with Crippen molar-refractivity contribution < 1.29 is 5.21 Å². The van der Waals surface area contributed by atoms with Gasteiger partial charge in [0.2, 0.25) is 0 Å². The van der Waals surface area contributed by atoms with Crippen LogP contribution in [0.4, 0.5) is 0 Å². The Balaban J connectivity index is 2.62. The summed E-state index contributed by atoms with van der Waals surface area (Å²) in [6, 6.07) is 5.68. The molecule has 1 heterocycles. The molecule has 19 heavy (non-hydrogen) atoms. The minimum absolute atomic E-state index is 0.0682. The van der Waals surface area contributed by atoms with Crippen LogP contribution in [0, 0.1) is 0 Å². The van der Waals surface area contributed by atoms with Gasteiger partial charge in [0.25, 0.3) is 0 Å². The summed E-state index contributed by atoms with van der Waals surface area (Å²) < 4.78 is 2.73. The molecule has 100 valence electrons. The SMILES string of the molecule is CCCc1nccn1-c1cccc(Br)c1/C(N)=N/O. The second kappa shape index (κ2) is 5.88. The van der Waals surface area contributed by atoms with Gasteiger partial charge < -0.3 is 15.5 Å². The Morgan fingerprint density at radius 2 is 2.32 bits per heavy atom. The summed E-state index contributed by atoms with van der Waals surface area (Å²) >= 11 is 3.43. The number of halogens is 1. The number of hydrogen-bond donors (Lipinski definition) is 2. The van der Waals surface area contributed by atoms with Gasteiger partial charge in [0.15, 0.2) is 5.84 Å². The van der Waals surface area contributed by atoms with Crippen LogP contribution < -0.4 is 5.73 Å². The molecular weight excluding hydrogens is 308 g/mol. The molecule has 0 radical (unpaired) electrons. The van der Waals surface area contributed by atoms with Crippen molar-refractivity contribution in [2.45, 2.75) is 19.8 Å². The molecule has 1 aromatic heterocycles. The highest BCUT2D eigenvalue weighted by Crippen LogP contribution is 2.24. The summed E-state index contributed by atoms with van der Waals surface area (Å²) in [4.78, 5) is 4.34. The third-order valence-corrected chi connectivity index (χ3v) is 3.47. The third-order valence-electron chi connectivity index (χ3n) is 2.81. The first kappa shape index (κ1) is 13.6. The molecule has 0 spiro atoms. The standard InChI is InChI=1S/C13H15BrN4O/c1-2-4-11-16-7-8-18(11)10-6-3-5-9(14)12(10)13(15)17-19/h3,5-8,19H,2,4H2,1H3,(H2,15,17). The van der Waals surface area contributed by atoms with Gasteiger partial charge in [0.05, 0.1) is 11.3 Å². The number of aromatic nitrogens is 2. The zero-order valence-electron chi connectivity index (χ0n) is 10.5. The first-order valence-corrected chi connectivity index (χ1v) is 6.77. The smallest absolute Gasteiger partial charge is 0.173 e. The lowest BCUT2D eigenvalue weighted by atomic mass is 10.1. The fourth-order valence-electron chi connectivity index (χ4n) is 1.98. The number of hydrogen-bond acceptors (Lipinski definition) is 3. The van der Waals surface area contributed by atoms with Crippen molar-refractivity contribution in [3.05, 3.63) is 46.5 Å². The lowest BCUT2D eigenvalue weighted by Crippen LogP contribution is -2.17. The van der Waals surface area contributed by atoms with Crippen molar-refractivity contribution in [3.63, 3.8) is 0 Å². The molecule has 0 aliphatic carbocycles. The van der Waals surface area contributed by atoms with Gasteiger partial charge in [-0.25, -0.2) is 4.98 Å². The number of oxime groups is 1. The molecule has 0 saturated heterocycles. The molecule has 3 N–H and O–H groups in total. The number of amidine groups is 1. The highest BCUT2D eigenvalue weighted by atomic mass is 79.9. The monoisotopic (exact) mass is 322 g/mol. The van der Waals surface area contributed by atoms with E-state index in [-0.39, 0.29) is 5.84 Å². The van der Waals surface area contributed by atoms with E-state index in [9.17, 15) is 0 Å². The molecule has 0 bridgehead atoms. The van der Waals surface area contributed by atoms with Gasteiger partial charge >= 0.3 is 0 Å². The van der Waals surface area contributed by atoms with Crippen molar-refractivity contribution in [1.29, 1.82) is 0 Å². The highest BCUT2D eigenvalue weighted by molar-refractivity contribution is 9.10. The van der Waals surface area contributed by atoms with Crippen LogP contribution in [0.1, 0.15) is 24.7 Å². The number of rotatable bonds is 4. The van der Waals surface area contributed by atoms with Crippen LogP contribution in [0.15, 0.2) is 40.2 Å². The van der Waals surface area contributed by atoms with Crippen molar-refractivity contribution in [2.75, 3.05) is 0 Å². The second-order valence-corrected chi connectivity index (χ2v) is 4.94. The van der Waals surface area contributed by atoms with E-state index in [0.29, 0.717) is 5.56 Å². The quantitative estimate of drug-likeness (QED) is 0.393. The second-order valence-electron chi connectivity index (χ2n) is 4.08. The Kier molecular flexibility index (Phi) is 4.21. The van der Waals surface area contributed by atoms with Crippen LogP contribution in [0.3, 0.4) is 0 Å². The normalized spacial score (nSPS) is 11.8. The Morgan fingerprint density at radius 3 is 3.00 bits per heavy atom. The number of imidazole rings is 1. The third kappa shape index (κ3) is 2.63. The predicted octanol–water partition coefficient (Wildman–Crippen LogP) is 2.68. The fourth-order valence-corrected chi connectivity index (χ4v) is 2.54. The maximum absolute atomic E-state index is 8.92. The highest BCUT2D eigenvalue weighted by Gasteiger charge is 2.14. The number of nitrogens with zero attached hydrogens (tertiary/aromatic N) is 3.